The summed E-state index contributed by atoms with van der Waals surface area (Å²) in [5.41, 5.74) is 0.431. The van der Waals surface area contributed by atoms with E-state index in [2.05, 4.69) is 6.58 Å². The fraction of sp³-hybridized carbons (Fsp3) is 0.333. The molecule has 0 N–H and O–H groups in total. The Balaban J connectivity index is 1.62. The third-order valence-corrected chi connectivity index (χ3v) is 8.85. The van der Waals surface area contributed by atoms with Crippen LogP contribution in [0.1, 0.15) is 47.3 Å². The van der Waals surface area contributed by atoms with Crippen molar-refractivity contribution in [2.45, 2.75) is 38.1 Å². The molecule has 3 atom stereocenters. The summed E-state index contributed by atoms with van der Waals surface area (Å²) in [6.45, 7) is 6.50. The Morgan fingerprint density at radius 1 is 1.22 bits per heavy atom. The van der Waals surface area contributed by atoms with Gasteiger partial charge in [0.1, 0.15) is 23.3 Å². The van der Waals surface area contributed by atoms with Gasteiger partial charge in [-0.1, -0.05) is 43.8 Å². The van der Waals surface area contributed by atoms with Crippen molar-refractivity contribution in [3.05, 3.63) is 77.7 Å². The van der Waals surface area contributed by atoms with Crippen LogP contribution in [0.25, 0.3) is 10.1 Å². The number of hydrogen-bond acceptors (Lipinski definition) is 7. The van der Waals surface area contributed by atoms with Gasteiger partial charge < -0.3 is 14.0 Å². The van der Waals surface area contributed by atoms with Crippen LogP contribution < -0.4 is 4.52 Å². The number of para-hydroxylation sites is 1. The van der Waals surface area contributed by atoms with Crippen molar-refractivity contribution in [3.8, 4) is 5.75 Å². The Bertz CT molecular complexity index is 1200. The number of fused-ring (bicyclic) bond motifs is 1. The normalized spacial score (nSPS) is 17.4. The van der Waals surface area contributed by atoms with Gasteiger partial charge in [-0.05, 0) is 60.5 Å². The number of esters is 2. The maximum absolute atomic E-state index is 16.3. The molecule has 1 saturated heterocycles. The van der Waals surface area contributed by atoms with Crippen molar-refractivity contribution >= 4 is 41.7 Å². The number of carbonyl (C=O) groups is 2. The minimum atomic E-state index is -1.86. The average molecular weight is 530 g/mol. The summed E-state index contributed by atoms with van der Waals surface area (Å²) in [5, 5.41) is 0.751. The summed E-state index contributed by atoms with van der Waals surface area (Å²) < 4.78 is 35.7. The zero-order valence-electron chi connectivity index (χ0n) is 20.1. The number of hydrogen-bond donors (Lipinski definition) is 0. The molecule has 1 aromatic heterocycles. The Morgan fingerprint density at radius 2 is 2.03 bits per heavy atom. The quantitative estimate of drug-likeness (QED) is 0.151. The number of benzene rings is 2. The average Bonchev–Trinajstić information content (AvgIpc) is 3.56. The van der Waals surface area contributed by atoms with Crippen LogP contribution in [-0.4, -0.2) is 42.4 Å². The van der Waals surface area contributed by atoms with E-state index in [4.69, 9.17) is 14.0 Å². The van der Waals surface area contributed by atoms with E-state index in [1.165, 1.54) is 17.4 Å². The summed E-state index contributed by atoms with van der Waals surface area (Å²) in [7, 11) is -1.86. The molecule has 6 nitrogen and oxygen atoms in total. The van der Waals surface area contributed by atoms with Crippen molar-refractivity contribution in [2.75, 3.05) is 19.8 Å². The van der Waals surface area contributed by atoms with E-state index in [1.807, 2.05) is 29.8 Å². The second-order valence-electron chi connectivity index (χ2n) is 8.33. The molecule has 2 aromatic carbocycles. The predicted molar refractivity (Wildman–Crippen MR) is 141 cm³/mol. The molecule has 0 radical (unpaired) electrons. The fourth-order valence-electron chi connectivity index (χ4n) is 3.99. The van der Waals surface area contributed by atoms with E-state index < -0.39 is 26.2 Å². The van der Waals surface area contributed by atoms with E-state index in [0.717, 1.165) is 22.9 Å². The van der Waals surface area contributed by atoms with Gasteiger partial charge in [0, 0.05) is 11.2 Å². The van der Waals surface area contributed by atoms with E-state index in [0.29, 0.717) is 35.8 Å². The molecule has 190 valence electrons. The monoisotopic (exact) mass is 529 g/mol. The SMILES string of the molecule is C=CCOC(=O)c1cc2cc([C@@H](F)P(Oc3ccccc3)N3CCC[C@H]3C(=O)OCCC)ccc2s1. The van der Waals surface area contributed by atoms with Crippen molar-refractivity contribution in [3.63, 3.8) is 0 Å². The lowest BCUT2D eigenvalue weighted by molar-refractivity contribution is -0.147. The topological polar surface area (TPSA) is 65.1 Å². The molecular formula is C27H29FNO5PS. The third-order valence-electron chi connectivity index (χ3n) is 5.68. The number of thiophene rings is 1. The first kappa shape index (κ1) is 26.3. The predicted octanol–water partition coefficient (Wildman–Crippen LogP) is 7.02. The molecule has 0 aliphatic carbocycles. The highest BCUT2D eigenvalue weighted by molar-refractivity contribution is 7.50. The molecule has 1 aliphatic rings. The number of alkyl halides is 1. The Labute approximate surface area is 215 Å². The van der Waals surface area contributed by atoms with Gasteiger partial charge in [-0.2, -0.15) is 0 Å². The summed E-state index contributed by atoms with van der Waals surface area (Å²) >= 11 is 1.30. The number of carbonyl (C=O) groups excluding carboxylic acids is 2. The van der Waals surface area contributed by atoms with Crippen molar-refractivity contribution in [2.24, 2.45) is 0 Å². The summed E-state index contributed by atoms with van der Waals surface area (Å²) in [4.78, 5) is 25.5. The Hall–Kier alpha value is -2.80. The van der Waals surface area contributed by atoms with Crippen LogP contribution in [-0.2, 0) is 14.3 Å². The highest BCUT2D eigenvalue weighted by atomic mass is 32.1. The van der Waals surface area contributed by atoms with Crippen molar-refractivity contribution in [1.82, 2.24) is 4.67 Å². The van der Waals surface area contributed by atoms with Crippen LogP contribution >= 0.6 is 19.6 Å². The van der Waals surface area contributed by atoms with Crippen LogP contribution in [0.3, 0.4) is 0 Å². The molecule has 0 bridgehead atoms. The van der Waals surface area contributed by atoms with Crippen LogP contribution in [0.2, 0.25) is 0 Å². The van der Waals surface area contributed by atoms with Gasteiger partial charge in [-0.25, -0.2) is 13.9 Å². The number of rotatable bonds is 11. The highest BCUT2D eigenvalue weighted by Gasteiger charge is 2.43. The van der Waals surface area contributed by atoms with Crippen molar-refractivity contribution < 1.29 is 28.0 Å². The largest absolute Gasteiger partial charge is 0.465 e. The smallest absolute Gasteiger partial charge is 0.348 e. The van der Waals surface area contributed by atoms with Crippen molar-refractivity contribution in [1.29, 1.82) is 0 Å². The Morgan fingerprint density at radius 3 is 2.78 bits per heavy atom. The van der Waals surface area contributed by atoms with E-state index in [9.17, 15) is 9.59 Å². The Kier molecular flexibility index (Phi) is 9.08. The van der Waals surface area contributed by atoms with E-state index in [1.54, 1.807) is 36.4 Å². The lowest BCUT2D eigenvalue weighted by atomic mass is 10.2. The van der Waals surface area contributed by atoms with Gasteiger partial charge in [-0.3, -0.25) is 4.79 Å². The first-order chi connectivity index (χ1) is 17.5. The first-order valence-corrected chi connectivity index (χ1v) is 14.0. The molecule has 1 unspecified atom stereocenters. The number of ether oxygens (including phenoxy) is 2. The molecule has 3 aromatic rings. The number of nitrogens with zero attached hydrogens (tertiary/aromatic N) is 1. The molecule has 1 fully saturated rings. The molecule has 0 saturated carbocycles. The van der Waals surface area contributed by atoms with Gasteiger partial charge in [0.25, 0.3) is 0 Å². The van der Waals surface area contributed by atoms with Gasteiger partial charge in [0.05, 0.1) is 6.61 Å². The third kappa shape index (κ3) is 6.12. The zero-order valence-corrected chi connectivity index (χ0v) is 21.8. The van der Waals surface area contributed by atoms with Crippen LogP contribution in [0.5, 0.6) is 5.75 Å². The van der Waals surface area contributed by atoms with Crippen LogP contribution in [0.4, 0.5) is 4.39 Å². The zero-order chi connectivity index (χ0) is 25.5. The maximum atomic E-state index is 16.3. The first-order valence-electron chi connectivity index (χ1n) is 11.9. The fourth-order valence-corrected chi connectivity index (χ4v) is 6.96. The van der Waals surface area contributed by atoms with Gasteiger partial charge in [0.2, 0.25) is 8.30 Å². The molecular weight excluding hydrogens is 500 g/mol. The highest BCUT2D eigenvalue weighted by Crippen LogP contribution is 2.58. The molecule has 36 heavy (non-hydrogen) atoms. The number of halogens is 1. The molecule has 1 aliphatic heterocycles. The minimum Gasteiger partial charge on any atom is -0.465 e. The molecule has 4 rings (SSSR count). The second-order valence-corrected chi connectivity index (χ2v) is 11.2. The maximum Gasteiger partial charge on any atom is 0.348 e. The molecule has 0 spiro atoms. The summed E-state index contributed by atoms with van der Waals surface area (Å²) in [6.07, 6.45) is 3.60. The summed E-state index contributed by atoms with van der Waals surface area (Å²) in [5.74, 6) is -1.71. The second kappa shape index (κ2) is 12.4. The lowest BCUT2D eigenvalue weighted by Gasteiger charge is -2.33. The van der Waals surface area contributed by atoms with E-state index in [-0.39, 0.29) is 12.6 Å². The molecule has 0 amide bonds. The standard InChI is InChI=1S/C27H29FNO5PS/c1-3-15-32-26(30)22-11-8-14-29(22)35(34-21-9-6-5-7-10-21)25(28)19-12-13-23-20(17-19)18-24(36-23)27(31)33-16-4-2/h4-7,9-10,12-13,17-18,22,25H,2-3,8,11,14-16H2,1H3/t22-,25-,35?/m0/s1. The van der Waals surface area contributed by atoms with Crippen LogP contribution in [0, 0.1) is 0 Å². The molecule has 9 heteroatoms. The summed E-state index contributed by atoms with van der Waals surface area (Å²) in [6, 6.07) is 15.5. The van der Waals surface area contributed by atoms with Crippen LogP contribution in [0.15, 0.2) is 67.3 Å². The van der Waals surface area contributed by atoms with E-state index >= 15 is 4.39 Å². The lowest BCUT2D eigenvalue weighted by Crippen LogP contribution is -2.35. The van der Waals surface area contributed by atoms with Gasteiger partial charge in [-0.15, -0.1) is 11.3 Å². The van der Waals surface area contributed by atoms with Gasteiger partial charge >= 0.3 is 11.9 Å². The van der Waals surface area contributed by atoms with Gasteiger partial charge in [0.15, 0.2) is 5.91 Å². The molecule has 2 heterocycles. The minimum absolute atomic E-state index is 0.129.